The van der Waals surface area contributed by atoms with Crippen LogP contribution < -0.4 is 0 Å². The summed E-state index contributed by atoms with van der Waals surface area (Å²) in [4.78, 5) is 10.5. The van der Waals surface area contributed by atoms with E-state index in [4.69, 9.17) is 22.3 Å². The molecule has 6 aromatic carbocycles. The van der Waals surface area contributed by atoms with Gasteiger partial charge in [0, 0.05) is 50.9 Å². The molecule has 0 atom stereocenters. The summed E-state index contributed by atoms with van der Waals surface area (Å²) >= 11 is 0. The van der Waals surface area contributed by atoms with E-state index >= 15 is 0 Å². The Morgan fingerprint density at radius 2 is 1.14 bits per heavy atom. The van der Waals surface area contributed by atoms with Crippen LogP contribution in [0.4, 0.5) is 0 Å². The maximum atomic E-state index is 12.5. The van der Waals surface area contributed by atoms with Crippen LogP contribution in [-0.2, 0) is 42.7 Å². The van der Waals surface area contributed by atoms with E-state index in [2.05, 4.69) is 180 Å². The van der Waals surface area contributed by atoms with Crippen molar-refractivity contribution in [3.05, 3.63) is 167 Å². The Morgan fingerprint density at radius 1 is 0.551 bits per heavy atom. The average molecular weight is 1100 g/mol. The number of imidazole rings is 1. The van der Waals surface area contributed by atoms with Gasteiger partial charge in [-0.1, -0.05) is 201 Å². The largest absolute Gasteiger partial charge is 0.507 e. The molecule has 1 N–H and O–H groups in total. The van der Waals surface area contributed by atoms with Crippen molar-refractivity contribution in [2.45, 2.75) is 144 Å². The summed E-state index contributed by atoms with van der Waals surface area (Å²) in [5.74, 6) is 1.01. The molecule has 0 aliphatic heterocycles. The molecule has 0 spiro atoms. The minimum absolute atomic E-state index is 0. The van der Waals surface area contributed by atoms with Crippen molar-refractivity contribution >= 4 is 11.0 Å². The fraction of sp³-hybridized carbons (Fsp3) is 0.344. The fourth-order valence-electron chi connectivity index (χ4n) is 8.90. The number of phenolic OH excluding ortho intramolecular Hbond substituents is 1. The molecular formula is C64H72N3OPt-. The maximum Gasteiger partial charge on any atom is 0.148 e. The molecule has 0 radical (unpaired) electrons. The van der Waals surface area contributed by atoms with Crippen LogP contribution in [0.3, 0.4) is 0 Å². The Bertz CT molecular complexity index is 3460. The first-order valence-electron chi connectivity index (χ1n) is 28.3. The molecular weight excluding hydrogens is 1020 g/mol. The molecule has 0 saturated carbocycles. The normalized spacial score (nSPS) is 15.0. The average Bonchev–Trinajstić information content (AvgIpc) is 3.88. The number of aromatic nitrogens is 3. The van der Waals surface area contributed by atoms with Gasteiger partial charge in [0.25, 0.3) is 0 Å². The van der Waals surface area contributed by atoms with E-state index in [1.165, 1.54) is 23.3 Å². The zero-order valence-corrected chi connectivity index (χ0v) is 44.7. The number of hydrogen-bond donors (Lipinski definition) is 1. The molecule has 8 rings (SSSR count). The van der Waals surface area contributed by atoms with Gasteiger partial charge in [0.15, 0.2) is 0 Å². The van der Waals surface area contributed by atoms with Crippen molar-refractivity contribution in [2.75, 3.05) is 0 Å². The number of hydrogen-bond acceptors (Lipinski definition) is 3. The van der Waals surface area contributed by atoms with Gasteiger partial charge in [-0.05, 0) is 108 Å². The summed E-state index contributed by atoms with van der Waals surface area (Å²) in [7, 11) is 0. The molecule has 0 fully saturated rings. The Kier molecular flexibility index (Phi) is 11.1. The molecule has 0 unspecified atom stereocenters. The first-order chi connectivity index (χ1) is 35.5. The molecule has 0 bridgehead atoms. The molecule has 5 heteroatoms. The fourth-order valence-corrected chi connectivity index (χ4v) is 8.90. The maximum absolute atomic E-state index is 12.5. The van der Waals surface area contributed by atoms with Crippen LogP contribution in [0.25, 0.3) is 72.7 Å². The van der Waals surface area contributed by atoms with Crippen molar-refractivity contribution in [2.24, 2.45) is 0 Å². The van der Waals surface area contributed by atoms with Crippen LogP contribution in [-0.4, -0.2) is 19.6 Å². The van der Waals surface area contributed by atoms with Crippen LogP contribution >= 0.6 is 0 Å². The van der Waals surface area contributed by atoms with E-state index in [1.807, 2.05) is 12.1 Å². The molecule has 69 heavy (non-hydrogen) atoms. The number of benzene rings is 6. The summed E-state index contributed by atoms with van der Waals surface area (Å²) in [5, 5.41) is 12.5. The van der Waals surface area contributed by atoms with Crippen LogP contribution in [0.2, 0.25) is 0 Å². The third-order valence-corrected chi connectivity index (χ3v) is 13.3. The molecule has 0 amide bonds. The Balaban J connectivity index is 0.00000882. The van der Waals surface area contributed by atoms with E-state index in [1.54, 1.807) is 24.4 Å². The summed E-state index contributed by atoms with van der Waals surface area (Å²) in [6, 6.07) is 43.3. The van der Waals surface area contributed by atoms with Crippen LogP contribution in [0.15, 0.2) is 128 Å². The van der Waals surface area contributed by atoms with E-state index in [0.29, 0.717) is 39.3 Å². The van der Waals surface area contributed by atoms with Gasteiger partial charge in [0.1, 0.15) is 11.6 Å². The number of aromatic hydroxyl groups is 1. The van der Waals surface area contributed by atoms with Gasteiger partial charge in [-0.15, -0.1) is 29.3 Å². The van der Waals surface area contributed by atoms with E-state index in [9.17, 15) is 5.11 Å². The minimum atomic E-state index is -3.37. The van der Waals surface area contributed by atoms with Gasteiger partial charge in [0.2, 0.25) is 0 Å². The Morgan fingerprint density at radius 3 is 1.74 bits per heavy atom. The second-order valence-corrected chi connectivity index (χ2v) is 22.3. The smallest absolute Gasteiger partial charge is 0.148 e. The predicted molar refractivity (Wildman–Crippen MR) is 290 cm³/mol. The van der Waals surface area contributed by atoms with Crippen molar-refractivity contribution < 1.29 is 38.5 Å². The van der Waals surface area contributed by atoms with Crippen molar-refractivity contribution in [1.29, 1.82) is 0 Å². The van der Waals surface area contributed by atoms with Gasteiger partial charge in [-0.3, -0.25) is 9.55 Å². The predicted octanol–water partition coefficient (Wildman–Crippen LogP) is 17.7. The SMILES string of the molecule is [2H]C([2H])([2H])C(c1ccc(-c2ccnc(-c3[c-]c(-c4cccc5c4nc(-c4cc(C(C)C)cc(C(C)C)c4O)n5-c4ccc(C(C)(C)C)cc4-c4ccc(C(C)(C)C)cc4)cc(C(C)(C)C)c3)c2)cc1)(C([2H])([2H])[2H])C([2H])([2H])[2H].[Pt]. The summed E-state index contributed by atoms with van der Waals surface area (Å²) in [6.07, 6.45) is 1.67. The first-order valence-corrected chi connectivity index (χ1v) is 23.8. The number of para-hydroxylation sites is 1. The van der Waals surface area contributed by atoms with Crippen molar-refractivity contribution in [3.63, 3.8) is 0 Å². The zero-order valence-electron chi connectivity index (χ0n) is 51.4. The Labute approximate surface area is 440 Å². The molecule has 2 heterocycles. The second-order valence-electron chi connectivity index (χ2n) is 22.3. The third kappa shape index (κ3) is 10.5. The molecule has 2 aromatic heterocycles. The van der Waals surface area contributed by atoms with Crippen LogP contribution in [0.1, 0.15) is 168 Å². The minimum Gasteiger partial charge on any atom is -0.507 e. The number of phenols is 1. The molecule has 0 saturated heterocycles. The standard InChI is InChI=1S/C64H72N3O.Pt/c1-39(2)44-35-52(40(3)4)59(68)54(36-44)60-66-58-51(18-17-19-57(58)67(60)56-29-28-49(63(11,12)13)38-53(56)42-22-26-48(27-23-42)62(8,9)10)45-32-46(34-50(33-45)64(14,15)16)55-37-43(30-31-65-55)41-20-24-47(25-21-41)61(5,6)7;/h17-31,33-40,68H,1-16H3;/q-1;/i5D3,6D3,7D3;. The third-order valence-electron chi connectivity index (χ3n) is 13.3. The number of rotatable bonds is 8. The van der Waals surface area contributed by atoms with E-state index < -0.39 is 26.0 Å². The topological polar surface area (TPSA) is 50.9 Å². The van der Waals surface area contributed by atoms with Crippen LogP contribution in [0.5, 0.6) is 5.75 Å². The summed E-state index contributed by atoms with van der Waals surface area (Å²) < 4.78 is 76.3. The number of nitrogens with zero attached hydrogens (tertiary/aromatic N) is 3. The van der Waals surface area contributed by atoms with Crippen molar-refractivity contribution in [3.8, 4) is 67.5 Å². The number of pyridine rings is 1. The molecule has 8 aromatic rings. The van der Waals surface area contributed by atoms with Crippen molar-refractivity contribution in [1.82, 2.24) is 14.5 Å². The Hall–Kier alpha value is -5.57. The van der Waals surface area contributed by atoms with Gasteiger partial charge >= 0.3 is 0 Å². The van der Waals surface area contributed by atoms with E-state index in [0.717, 1.165) is 50.1 Å². The zero-order chi connectivity index (χ0) is 56.7. The van der Waals surface area contributed by atoms with Gasteiger partial charge in [-0.2, -0.15) is 0 Å². The second kappa shape index (κ2) is 19.0. The van der Waals surface area contributed by atoms with Crippen LogP contribution in [0, 0.1) is 6.07 Å². The number of fused-ring (bicyclic) bond motifs is 1. The van der Waals surface area contributed by atoms with E-state index in [-0.39, 0.29) is 60.5 Å². The summed E-state index contributed by atoms with van der Waals surface area (Å²) in [6.45, 7) is 18.2. The quantitative estimate of drug-likeness (QED) is 0.154. The molecule has 0 aliphatic rings. The van der Waals surface area contributed by atoms with Gasteiger partial charge in [-0.25, -0.2) is 4.98 Å². The van der Waals surface area contributed by atoms with Gasteiger partial charge in [0.05, 0.1) is 22.3 Å². The molecule has 4 nitrogen and oxygen atoms in total. The first kappa shape index (κ1) is 40.2. The van der Waals surface area contributed by atoms with Gasteiger partial charge < -0.3 is 5.11 Å². The molecule has 360 valence electrons. The monoisotopic (exact) mass is 1100 g/mol. The summed E-state index contributed by atoms with van der Waals surface area (Å²) in [5.41, 5.74) is 10.8. The molecule has 0 aliphatic carbocycles.